The van der Waals surface area contributed by atoms with E-state index in [9.17, 15) is 4.79 Å². The quantitative estimate of drug-likeness (QED) is 0.670. The lowest BCUT2D eigenvalue weighted by Gasteiger charge is -2.14. The van der Waals surface area contributed by atoms with Crippen LogP contribution in [-0.2, 0) is 4.79 Å². The minimum atomic E-state index is -0.493. The van der Waals surface area contributed by atoms with Crippen molar-refractivity contribution < 1.29 is 9.90 Å². The van der Waals surface area contributed by atoms with Gasteiger partial charge in [0.25, 0.3) is 5.91 Å². The van der Waals surface area contributed by atoms with Gasteiger partial charge in [-0.05, 0) is 26.2 Å². The van der Waals surface area contributed by atoms with Gasteiger partial charge in [-0.25, -0.2) is 5.01 Å². The molecule has 4 nitrogen and oxygen atoms in total. The molecule has 0 aromatic rings. The number of β-amino-alcohol motifs (C(OH)–C–C–N with tert-alkyl or cyclic N) is 1. The van der Waals surface area contributed by atoms with E-state index in [0.29, 0.717) is 6.54 Å². The zero-order valence-electron chi connectivity index (χ0n) is 7.73. The van der Waals surface area contributed by atoms with Gasteiger partial charge < -0.3 is 5.11 Å². The van der Waals surface area contributed by atoms with Crippen molar-refractivity contribution in [1.82, 2.24) is 5.01 Å². The minimum Gasteiger partial charge on any atom is -0.391 e. The molecular weight excluding hydrogens is 168 g/mol. The fourth-order valence-corrected chi connectivity index (χ4v) is 1.98. The molecule has 13 heavy (non-hydrogen) atoms. The average Bonchev–Trinajstić information content (AvgIpc) is 2.56. The highest BCUT2D eigenvalue weighted by Crippen LogP contribution is 2.29. The first kappa shape index (κ1) is 8.69. The Bertz CT molecular complexity index is 260. The molecule has 1 amide bonds. The summed E-state index contributed by atoms with van der Waals surface area (Å²) in [5, 5.41) is 14.8. The lowest BCUT2D eigenvalue weighted by molar-refractivity contribution is -0.133. The van der Waals surface area contributed by atoms with E-state index < -0.39 is 6.10 Å². The summed E-state index contributed by atoms with van der Waals surface area (Å²) in [5.41, 5.74) is 1.02. The van der Waals surface area contributed by atoms with Gasteiger partial charge in [-0.1, -0.05) is 0 Å². The summed E-state index contributed by atoms with van der Waals surface area (Å²) in [6, 6.07) is 0. The van der Waals surface area contributed by atoms with Gasteiger partial charge in [0.05, 0.1) is 24.3 Å². The molecule has 0 radical (unpaired) electrons. The molecule has 1 aliphatic heterocycles. The summed E-state index contributed by atoms with van der Waals surface area (Å²) in [6.07, 6.45) is 2.48. The van der Waals surface area contributed by atoms with Gasteiger partial charge >= 0.3 is 0 Å². The zero-order valence-corrected chi connectivity index (χ0v) is 7.73. The van der Waals surface area contributed by atoms with Crippen LogP contribution < -0.4 is 0 Å². The third kappa shape index (κ3) is 1.46. The second kappa shape index (κ2) is 3.10. The molecule has 0 aromatic carbocycles. The molecule has 2 aliphatic rings. The predicted octanol–water partition coefficient (Wildman–Crippen LogP) is 0.365. The molecular formula is C9H14N2O2. The van der Waals surface area contributed by atoms with Crippen LogP contribution in [0.4, 0.5) is 0 Å². The SMILES string of the molecule is CC(O)CN1N=C2CCCC2C1=O. The van der Waals surface area contributed by atoms with Gasteiger partial charge in [0.2, 0.25) is 0 Å². The Kier molecular flexibility index (Phi) is 2.07. The number of carbonyl (C=O) groups is 1. The number of fused-ring (bicyclic) bond motifs is 1. The van der Waals surface area contributed by atoms with Crippen molar-refractivity contribution in [3.63, 3.8) is 0 Å². The van der Waals surface area contributed by atoms with Crippen molar-refractivity contribution in [3.8, 4) is 0 Å². The highest BCUT2D eigenvalue weighted by Gasteiger charge is 2.38. The Hall–Kier alpha value is -0.900. The largest absolute Gasteiger partial charge is 0.391 e. The summed E-state index contributed by atoms with van der Waals surface area (Å²) >= 11 is 0. The van der Waals surface area contributed by atoms with Crippen LogP contribution in [0.3, 0.4) is 0 Å². The highest BCUT2D eigenvalue weighted by atomic mass is 16.3. The van der Waals surface area contributed by atoms with Crippen molar-refractivity contribution in [2.45, 2.75) is 32.3 Å². The van der Waals surface area contributed by atoms with Gasteiger partial charge in [-0.3, -0.25) is 4.79 Å². The van der Waals surface area contributed by atoms with Crippen LogP contribution in [0.1, 0.15) is 26.2 Å². The molecule has 2 unspecified atom stereocenters. The van der Waals surface area contributed by atoms with E-state index >= 15 is 0 Å². The summed E-state index contributed by atoms with van der Waals surface area (Å²) < 4.78 is 0. The number of amides is 1. The Morgan fingerprint density at radius 3 is 3.15 bits per heavy atom. The summed E-state index contributed by atoms with van der Waals surface area (Å²) in [5.74, 6) is 0.118. The number of aliphatic hydroxyl groups is 1. The van der Waals surface area contributed by atoms with E-state index in [4.69, 9.17) is 5.11 Å². The Labute approximate surface area is 77.2 Å². The van der Waals surface area contributed by atoms with Crippen molar-refractivity contribution >= 4 is 11.6 Å². The average molecular weight is 182 g/mol. The first-order valence-electron chi connectivity index (χ1n) is 4.75. The number of carbonyl (C=O) groups excluding carboxylic acids is 1. The number of hydrazone groups is 1. The van der Waals surface area contributed by atoms with E-state index in [1.165, 1.54) is 5.01 Å². The summed E-state index contributed by atoms with van der Waals surface area (Å²) in [7, 11) is 0. The van der Waals surface area contributed by atoms with Gasteiger partial charge in [-0.15, -0.1) is 0 Å². The van der Waals surface area contributed by atoms with Crippen LogP contribution in [0.15, 0.2) is 5.10 Å². The monoisotopic (exact) mass is 182 g/mol. The molecule has 1 saturated carbocycles. The van der Waals surface area contributed by atoms with Gasteiger partial charge in [0, 0.05) is 0 Å². The summed E-state index contributed by atoms with van der Waals surface area (Å²) in [6.45, 7) is 2.00. The molecule has 4 heteroatoms. The standard InChI is InChI=1S/C9H14N2O2/c1-6(12)5-11-9(13)7-3-2-4-8(7)10-11/h6-7,12H,2-5H2,1H3. The van der Waals surface area contributed by atoms with E-state index in [1.807, 2.05) is 0 Å². The van der Waals surface area contributed by atoms with Crippen LogP contribution in [0, 0.1) is 5.92 Å². The molecule has 1 heterocycles. The number of nitrogens with zero attached hydrogens (tertiary/aromatic N) is 2. The maximum atomic E-state index is 11.6. The molecule has 0 aromatic heterocycles. The van der Waals surface area contributed by atoms with Gasteiger partial charge in [-0.2, -0.15) is 5.10 Å². The van der Waals surface area contributed by atoms with Crippen LogP contribution >= 0.6 is 0 Å². The van der Waals surface area contributed by atoms with E-state index in [2.05, 4.69) is 5.10 Å². The van der Waals surface area contributed by atoms with E-state index in [0.717, 1.165) is 25.0 Å². The number of aliphatic hydroxyl groups excluding tert-OH is 1. The van der Waals surface area contributed by atoms with Crippen molar-refractivity contribution in [3.05, 3.63) is 0 Å². The lowest BCUT2D eigenvalue weighted by Crippen LogP contribution is -2.31. The topological polar surface area (TPSA) is 52.9 Å². The Morgan fingerprint density at radius 1 is 1.77 bits per heavy atom. The maximum Gasteiger partial charge on any atom is 0.251 e. The number of rotatable bonds is 2. The molecule has 1 aliphatic carbocycles. The smallest absolute Gasteiger partial charge is 0.251 e. The first-order valence-corrected chi connectivity index (χ1v) is 4.75. The third-order valence-corrected chi connectivity index (χ3v) is 2.57. The van der Waals surface area contributed by atoms with Crippen molar-refractivity contribution in [2.75, 3.05) is 6.54 Å². The molecule has 72 valence electrons. The van der Waals surface area contributed by atoms with E-state index in [1.54, 1.807) is 6.92 Å². The zero-order chi connectivity index (χ0) is 9.42. The summed E-state index contributed by atoms with van der Waals surface area (Å²) in [4.78, 5) is 11.6. The molecule has 2 rings (SSSR count). The van der Waals surface area contributed by atoms with E-state index in [-0.39, 0.29) is 11.8 Å². The molecule has 0 bridgehead atoms. The number of hydrogen-bond donors (Lipinski definition) is 1. The molecule has 1 fully saturated rings. The highest BCUT2D eigenvalue weighted by molar-refractivity contribution is 6.09. The second-order valence-electron chi connectivity index (χ2n) is 3.81. The second-order valence-corrected chi connectivity index (χ2v) is 3.81. The van der Waals surface area contributed by atoms with Gasteiger partial charge in [0.15, 0.2) is 0 Å². The first-order chi connectivity index (χ1) is 6.18. The molecule has 1 N–H and O–H groups in total. The van der Waals surface area contributed by atoms with Crippen LogP contribution in [-0.4, -0.2) is 34.4 Å². The van der Waals surface area contributed by atoms with Gasteiger partial charge in [0.1, 0.15) is 0 Å². The fourth-order valence-electron chi connectivity index (χ4n) is 1.98. The Balaban J connectivity index is 2.08. The van der Waals surface area contributed by atoms with Crippen molar-refractivity contribution in [1.29, 1.82) is 0 Å². The normalized spacial score (nSPS) is 29.1. The molecule has 2 atom stereocenters. The third-order valence-electron chi connectivity index (χ3n) is 2.57. The lowest BCUT2D eigenvalue weighted by atomic mass is 10.1. The molecule has 0 spiro atoms. The minimum absolute atomic E-state index is 0.0405. The number of hydrogen-bond acceptors (Lipinski definition) is 3. The maximum absolute atomic E-state index is 11.6. The Morgan fingerprint density at radius 2 is 2.54 bits per heavy atom. The van der Waals surface area contributed by atoms with Crippen LogP contribution in [0.25, 0.3) is 0 Å². The van der Waals surface area contributed by atoms with Crippen LogP contribution in [0.2, 0.25) is 0 Å². The van der Waals surface area contributed by atoms with Crippen molar-refractivity contribution in [2.24, 2.45) is 11.0 Å². The fraction of sp³-hybridized carbons (Fsp3) is 0.778. The predicted molar refractivity (Wildman–Crippen MR) is 48.2 cm³/mol. The molecule has 0 saturated heterocycles. The van der Waals surface area contributed by atoms with Crippen LogP contribution in [0.5, 0.6) is 0 Å².